The number of benzene rings is 1. The Hall–Kier alpha value is -2.76. The Morgan fingerprint density at radius 1 is 1.25 bits per heavy atom. The fourth-order valence-electron chi connectivity index (χ4n) is 2.22. The molecule has 0 bridgehead atoms. The molecule has 6 heteroatoms. The third-order valence-electron chi connectivity index (χ3n) is 3.18. The van der Waals surface area contributed by atoms with Gasteiger partial charge in [0.05, 0.1) is 5.69 Å². The number of imidazole rings is 1. The SMILES string of the molecule is Cc1cn(C)c(=O)n1-c1ccc(-c2cc(N)on2)cc1. The molecule has 0 spiro atoms. The Morgan fingerprint density at radius 2 is 1.95 bits per heavy atom. The van der Waals surface area contributed by atoms with Crippen LogP contribution in [0.1, 0.15) is 5.69 Å². The molecule has 0 fully saturated rings. The highest BCUT2D eigenvalue weighted by molar-refractivity contribution is 5.62. The summed E-state index contributed by atoms with van der Waals surface area (Å²) in [6.07, 6.45) is 1.80. The van der Waals surface area contributed by atoms with Crippen LogP contribution in [0.2, 0.25) is 0 Å². The van der Waals surface area contributed by atoms with Gasteiger partial charge in [-0.3, -0.25) is 4.57 Å². The second-order valence-electron chi connectivity index (χ2n) is 4.66. The number of rotatable bonds is 2. The van der Waals surface area contributed by atoms with E-state index in [9.17, 15) is 4.79 Å². The molecular formula is C14H14N4O2. The van der Waals surface area contributed by atoms with E-state index in [0.29, 0.717) is 5.69 Å². The van der Waals surface area contributed by atoms with E-state index < -0.39 is 0 Å². The van der Waals surface area contributed by atoms with Crippen LogP contribution in [0.15, 0.2) is 45.8 Å². The third kappa shape index (κ3) is 1.91. The molecule has 1 aromatic carbocycles. The summed E-state index contributed by atoms with van der Waals surface area (Å²) in [7, 11) is 1.73. The largest absolute Gasteiger partial charge is 0.368 e. The number of nitrogens with zero attached hydrogens (tertiary/aromatic N) is 3. The van der Waals surface area contributed by atoms with E-state index >= 15 is 0 Å². The van der Waals surface area contributed by atoms with Crippen LogP contribution >= 0.6 is 0 Å². The van der Waals surface area contributed by atoms with Gasteiger partial charge in [0.2, 0.25) is 5.88 Å². The summed E-state index contributed by atoms with van der Waals surface area (Å²) >= 11 is 0. The van der Waals surface area contributed by atoms with Gasteiger partial charge in [-0.1, -0.05) is 17.3 Å². The molecule has 3 aromatic rings. The highest BCUT2D eigenvalue weighted by Gasteiger charge is 2.09. The maximum Gasteiger partial charge on any atom is 0.332 e. The topological polar surface area (TPSA) is 79.0 Å². The van der Waals surface area contributed by atoms with E-state index in [2.05, 4.69) is 5.16 Å². The summed E-state index contributed by atoms with van der Waals surface area (Å²) in [5.41, 5.74) is 8.69. The molecule has 2 N–H and O–H groups in total. The van der Waals surface area contributed by atoms with Crippen LogP contribution in [0.3, 0.4) is 0 Å². The van der Waals surface area contributed by atoms with Crippen molar-refractivity contribution in [3.63, 3.8) is 0 Å². The van der Waals surface area contributed by atoms with Crippen molar-refractivity contribution in [2.75, 3.05) is 5.73 Å². The summed E-state index contributed by atoms with van der Waals surface area (Å²) in [6, 6.07) is 9.16. The Kier molecular flexibility index (Phi) is 2.71. The molecule has 20 heavy (non-hydrogen) atoms. The van der Waals surface area contributed by atoms with Crippen LogP contribution in [-0.4, -0.2) is 14.3 Å². The lowest BCUT2D eigenvalue weighted by atomic mass is 10.1. The van der Waals surface area contributed by atoms with Crippen LogP contribution in [0.4, 0.5) is 5.88 Å². The zero-order chi connectivity index (χ0) is 14.3. The van der Waals surface area contributed by atoms with Crippen molar-refractivity contribution in [3.05, 3.63) is 52.7 Å². The molecule has 6 nitrogen and oxygen atoms in total. The zero-order valence-corrected chi connectivity index (χ0v) is 11.2. The molecular weight excluding hydrogens is 256 g/mol. The number of nitrogens with two attached hydrogens (primary N) is 1. The van der Waals surface area contributed by atoms with Gasteiger partial charge in [-0.2, -0.15) is 0 Å². The van der Waals surface area contributed by atoms with Crippen LogP contribution in [-0.2, 0) is 7.05 Å². The predicted octanol–water partition coefficient (Wildman–Crippen LogP) is 1.72. The van der Waals surface area contributed by atoms with E-state index in [1.54, 1.807) is 28.4 Å². The smallest absolute Gasteiger partial charge is 0.332 e. The van der Waals surface area contributed by atoms with Crippen molar-refractivity contribution in [1.82, 2.24) is 14.3 Å². The fourth-order valence-corrected chi connectivity index (χ4v) is 2.22. The monoisotopic (exact) mass is 270 g/mol. The summed E-state index contributed by atoms with van der Waals surface area (Å²) in [4.78, 5) is 12.0. The van der Waals surface area contributed by atoms with Gasteiger partial charge in [-0.05, 0) is 19.1 Å². The average Bonchev–Trinajstić information content (AvgIpc) is 2.95. The molecule has 0 amide bonds. The highest BCUT2D eigenvalue weighted by atomic mass is 16.5. The van der Waals surface area contributed by atoms with Gasteiger partial charge in [-0.25, -0.2) is 4.79 Å². The third-order valence-corrected chi connectivity index (χ3v) is 3.18. The first-order chi connectivity index (χ1) is 9.56. The molecule has 0 unspecified atom stereocenters. The lowest BCUT2D eigenvalue weighted by molar-refractivity contribution is 0.439. The molecule has 0 saturated heterocycles. The normalized spacial score (nSPS) is 10.9. The van der Waals surface area contributed by atoms with Gasteiger partial charge in [0.15, 0.2) is 0 Å². The second-order valence-corrected chi connectivity index (χ2v) is 4.66. The predicted molar refractivity (Wildman–Crippen MR) is 75.7 cm³/mol. The Balaban J connectivity index is 2.03. The Labute approximate surface area is 115 Å². The van der Waals surface area contributed by atoms with Crippen molar-refractivity contribution in [1.29, 1.82) is 0 Å². The van der Waals surface area contributed by atoms with Crippen molar-refractivity contribution < 1.29 is 4.52 Å². The molecule has 0 saturated carbocycles. The van der Waals surface area contributed by atoms with Crippen LogP contribution in [0, 0.1) is 6.92 Å². The number of aromatic nitrogens is 3. The first-order valence-corrected chi connectivity index (χ1v) is 6.14. The van der Waals surface area contributed by atoms with Crippen molar-refractivity contribution in [2.45, 2.75) is 6.92 Å². The molecule has 0 aliphatic heterocycles. The van der Waals surface area contributed by atoms with Gasteiger partial charge in [0.25, 0.3) is 0 Å². The van der Waals surface area contributed by atoms with E-state index in [0.717, 1.165) is 16.9 Å². The maximum atomic E-state index is 12.0. The fraction of sp³-hybridized carbons (Fsp3) is 0.143. The number of nitrogen functional groups attached to an aromatic ring is 1. The average molecular weight is 270 g/mol. The second kappa shape index (κ2) is 4.41. The lowest BCUT2D eigenvalue weighted by Gasteiger charge is -2.04. The summed E-state index contributed by atoms with van der Waals surface area (Å²) in [5, 5.41) is 3.86. The standard InChI is InChI=1S/C14H14N4O2/c1-9-8-17(2)14(19)18(9)11-5-3-10(4-6-11)12-7-13(15)20-16-12/h3-8H,15H2,1-2H3. The minimum atomic E-state index is -0.0686. The van der Waals surface area contributed by atoms with E-state index in [4.69, 9.17) is 10.3 Å². The summed E-state index contributed by atoms with van der Waals surface area (Å²) in [6.45, 7) is 1.90. The van der Waals surface area contributed by atoms with Crippen LogP contribution in [0.25, 0.3) is 16.9 Å². The minimum Gasteiger partial charge on any atom is -0.368 e. The molecule has 0 radical (unpaired) electrons. The van der Waals surface area contributed by atoms with E-state index in [-0.39, 0.29) is 11.6 Å². The van der Waals surface area contributed by atoms with E-state index in [1.807, 2.05) is 31.2 Å². The van der Waals surface area contributed by atoms with Crippen molar-refractivity contribution in [3.8, 4) is 16.9 Å². The quantitative estimate of drug-likeness (QED) is 0.769. The number of anilines is 1. The van der Waals surface area contributed by atoms with Crippen LogP contribution < -0.4 is 11.4 Å². The molecule has 0 aliphatic carbocycles. The molecule has 0 aliphatic rings. The summed E-state index contributed by atoms with van der Waals surface area (Å²) < 4.78 is 8.06. The zero-order valence-electron chi connectivity index (χ0n) is 11.2. The number of hydrogen-bond acceptors (Lipinski definition) is 4. The summed E-state index contributed by atoms with van der Waals surface area (Å²) in [5.74, 6) is 0.277. The minimum absolute atomic E-state index is 0.0686. The number of hydrogen-bond donors (Lipinski definition) is 1. The van der Waals surface area contributed by atoms with Gasteiger partial charge in [-0.15, -0.1) is 0 Å². The maximum absolute atomic E-state index is 12.0. The highest BCUT2D eigenvalue weighted by Crippen LogP contribution is 2.21. The van der Waals surface area contributed by atoms with E-state index in [1.165, 1.54) is 0 Å². The molecule has 2 aromatic heterocycles. The van der Waals surface area contributed by atoms with Gasteiger partial charge in [0, 0.05) is 30.6 Å². The van der Waals surface area contributed by atoms with Gasteiger partial charge >= 0.3 is 5.69 Å². The Morgan fingerprint density at radius 3 is 2.45 bits per heavy atom. The van der Waals surface area contributed by atoms with Crippen LogP contribution in [0.5, 0.6) is 0 Å². The number of aryl methyl sites for hydroxylation is 2. The van der Waals surface area contributed by atoms with Gasteiger partial charge < -0.3 is 14.8 Å². The van der Waals surface area contributed by atoms with Gasteiger partial charge in [0.1, 0.15) is 5.69 Å². The lowest BCUT2D eigenvalue weighted by Crippen LogP contribution is -2.21. The molecule has 0 atom stereocenters. The molecule has 102 valence electrons. The van der Waals surface area contributed by atoms with Crippen molar-refractivity contribution in [2.24, 2.45) is 7.05 Å². The first kappa shape index (κ1) is 12.3. The first-order valence-electron chi connectivity index (χ1n) is 6.14. The molecule has 2 heterocycles. The Bertz CT molecular complexity index is 809. The molecule has 3 rings (SSSR count). The van der Waals surface area contributed by atoms with Crippen molar-refractivity contribution >= 4 is 5.88 Å².